The largest absolute Gasteiger partial charge is 0.302 e. The molecule has 2 aliphatic rings. The number of nitrogens with zero attached hydrogens (tertiary/aromatic N) is 2. The zero-order chi connectivity index (χ0) is 9.47. The summed E-state index contributed by atoms with van der Waals surface area (Å²) in [5, 5.41) is 0. The van der Waals surface area contributed by atoms with Crippen molar-refractivity contribution in [3.05, 3.63) is 0 Å². The molecule has 1 saturated carbocycles. The normalized spacial score (nSPS) is 29.2. The lowest BCUT2D eigenvalue weighted by Gasteiger charge is -2.15. The van der Waals surface area contributed by atoms with Crippen molar-refractivity contribution in [2.75, 3.05) is 19.6 Å². The Hall–Kier alpha value is -0.460. The monoisotopic (exact) mass is 204 g/mol. The van der Waals surface area contributed by atoms with E-state index in [-0.39, 0.29) is 12.6 Å². The Bertz CT molecular complexity index is 310. The number of rotatable bonds is 3. The van der Waals surface area contributed by atoms with E-state index in [1.54, 1.807) is 0 Å². The Morgan fingerprint density at radius 1 is 1.31 bits per heavy atom. The van der Waals surface area contributed by atoms with Gasteiger partial charge in [-0.2, -0.15) is 17.0 Å². The van der Waals surface area contributed by atoms with Crippen LogP contribution in [0.2, 0.25) is 0 Å². The topological polar surface area (TPSA) is 57.7 Å². The van der Waals surface area contributed by atoms with Gasteiger partial charge in [-0.05, 0) is 12.8 Å². The fourth-order valence-electron chi connectivity index (χ4n) is 1.59. The molecule has 2 rings (SSSR count). The fraction of sp³-hybridized carbons (Fsp3) is 0.857. The summed E-state index contributed by atoms with van der Waals surface area (Å²) in [6.45, 7) is 0.990. The van der Waals surface area contributed by atoms with Gasteiger partial charge in [0.05, 0.1) is 6.54 Å². The molecular weight excluding hydrogens is 192 g/mol. The van der Waals surface area contributed by atoms with Gasteiger partial charge in [0.25, 0.3) is 10.2 Å². The highest BCUT2D eigenvalue weighted by atomic mass is 32.2. The van der Waals surface area contributed by atoms with Gasteiger partial charge in [-0.1, -0.05) is 0 Å². The second-order valence-electron chi connectivity index (χ2n) is 3.37. The van der Waals surface area contributed by atoms with Crippen LogP contribution >= 0.6 is 0 Å². The maximum absolute atomic E-state index is 11.7. The first-order valence-electron chi connectivity index (χ1n) is 4.37. The molecule has 0 aromatic carbocycles. The van der Waals surface area contributed by atoms with Crippen molar-refractivity contribution < 1.29 is 13.2 Å². The van der Waals surface area contributed by atoms with Crippen LogP contribution in [0.3, 0.4) is 0 Å². The first-order valence-corrected chi connectivity index (χ1v) is 5.76. The summed E-state index contributed by atoms with van der Waals surface area (Å²) < 4.78 is 26.1. The van der Waals surface area contributed by atoms with Crippen LogP contribution in [-0.2, 0) is 15.0 Å². The summed E-state index contributed by atoms with van der Waals surface area (Å²) in [6, 6.07) is 0.210. The van der Waals surface area contributed by atoms with Gasteiger partial charge in [-0.25, -0.2) is 0 Å². The molecule has 0 N–H and O–H groups in total. The van der Waals surface area contributed by atoms with Crippen molar-refractivity contribution in [2.24, 2.45) is 0 Å². The van der Waals surface area contributed by atoms with Crippen LogP contribution in [0.25, 0.3) is 0 Å². The van der Waals surface area contributed by atoms with E-state index in [1.165, 1.54) is 8.61 Å². The molecule has 2 fully saturated rings. The third kappa shape index (κ3) is 1.49. The van der Waals surface area contributed by atoms with E-state index in [1.807, 2.05) is 0 Å². The Morgan fingerprint density at radius 2 is 2.00 bits per heavy atom. The molecule has 0 bridgehead atoms. The molecule has 74 valence electrons. The molecule has 5 nitrogen and oxygen atoms in total. The quantitative estimate of drug-likeness (QED) is 0.566. The summed E-state index contributed by atoms with van der Waals surface area (Å²) in [4.78, 5) is 10.2. The molecule has 1 saturated heterocycles. The van der Waals surface area contributed by atoms with Crippen molar-refractivity contribution in [2.45, 2.75) is 18.9 Å². The third-order valence-corrected chi connectivity index (χ3v) is 4.48. The summed E-state index contributed by atoms with van der Waals surface area (Å²) >= 11 is 0. The number of carbonyl (C=O) groups is 1. The van der Waals surface area contributed by atoms with Crippen LogP contribution in [0.5, 0.6) is 0 Å². The molecule has 1 heterocycles. The van der Waals surface area contributed by atoms with E-state index < -0.39 is 10.2 Å². The average molecular weight is 204 g/mol. The minimum absolute atomic E-state index is 0.00838. The molecule has 0 radical (unpaired) electrons. The summed E-state index contributed by atoms with van der Waals surface area (Å²) in [5.41, 5.74) is 0. The van der Waals surface area contributed by atoms with E-state index >= 15 is 0 Å². The summed E-state index contributed by atoms with van der Waals surface area (Å²) in [5.74, 6) is 0. The highest BCUT2D eigenvalue weighted by molar-refractivity contribution is 7.87. The predicted molar refractivity (Wildman–Crippen MR) is 46.3 cm³/mol. The lowest BCUT2D eigenvalue weighted by Crippen LogP contribution is -2.35. The van der Waals surface area contributed by atoms with Crippen molar-refractivity contribution in [1.29, 1.82) is 0 Å². The molecule has 0 aromatic heterocycles. The van der Waals surface area contributed by atoms with Crippen LogP contribution in [0.1, 0.15) is 12.8 Å². The summed E-state index contributed by atoms with van der Waals surface area (Å²) in [7, 11) is -3.29. The van der Waals surface area contributed by atoms with Crippen molar-refractivity contribution in [3.63, 3.8) is 0 Å². The lowest BCUT2D eigenvalue weighted by molar-refractivity contribution is -0.108. The van der Waals surface area contributed by atoms with Crippen LogP contribution in [-0.4, -0.2) is 49.0 Å². The van der Waals surface area contributed by atoms with E-state index in [9.17, 15) is 13.2 Å². The van der Waals surface area contributed by atoms with Crippen LogP contribution in [0.4, 0.5) is 0 Å². The fourth-order valence-corrected chi connectivity index (χ4v) is 3.35. The predicted octanol–water partition coefficient (Wildman–Crippen LogP) is -0.790. The molecule has 0 atom stereocenters. The minimum atomic E-state index is -3.29. The number of carbonyl (C=O) groups excluding carboxylic acids is 1. The van der Waals surface area contributed by atoms with E-state index in [0.717, 1.165) is 12.8 Å². The molecular formula is C7H12N2O3S. The highest BCUT2D eigenvalue weighted by Crippen LogP contribution is 2.32. The SMILES string of the molecule is O=CCN1CCN(C2CC2)S1(=O)=O. The number of aldehydes is 1. The average Bonchev–Trinajstić information content (AvgIpc) is 2.82. The maximum atomic E-state index is 11.7. The van der Waals surface area contributed by atoms with Crippen molar-refractivity contribution in [1.82, 2.24) is 8.61 Å². The Kier molecular flexibility index (Phi) is 2.13. The smallest absolute Gasteiger partial charge is 0.282 e. The number of hydrogen-bond acceptors (Lipinski definition) is 3. The molecule has 1 aliphatic heterocycles. The van der Waals surface area contributed by atoms with Gasteiger partial charge in [0.1, 0.15) is 6.29 Å². The van der Waals surface area contributed by atoms with Crippen molar-refractivity contribution in [3.8, 4) is 0 Å². The molecule has 0 spiro atoms. The van der Waals surface area contributed by atoms with Crippen molar-refractivity contribution >= 4 is 16.5 Å². The van der Waals surface area contributed by atoms with Gasteiger partial charge in [-0.3, -0.25) is 0 Å². The Labute approximate surface area is 77.5 Å². The second-order valence-corrected chi connectivity index (χ2v) is 5.26. The van der Waals surface area contributed by atoms with Crippen LogP contribution in [0.15, 0.2) is 0 Å². The van der Waals surface area contributed by atoms with E-state index in [2.05, 4.69) is 0 Å². The van der Waals surface area contributed by atoms with E-state index in [0.29, 0.717) is 19.4 Å². The molecule has 1 aliphatic carbocycles. The molecule has 6 heteroatoms. The van der Waals surface area contributed by atoms with Gasteiger partial charge in [0.2, 0.25) is 0 Å². The van der Waals surface area contributed by atoms with Gasteiger partial charge < -0.3 is 4.79 Å². The minimum Gasteiger partial charge on any atom is -0.302 e. The van der Waals surface area contributed by atoms with Crippen LogP contribution < -0.4 is 0 Å². The Balaban J connectivity index is 2.14. The Morgan fingerprint density at radius 3 is 2.54 bits per heavy atom. The molecule has 0 aromatic rings. The standard InChI is InChI=1S/C7H12N2O3S/c10-6-5-8-3-4-9(7-1-2-7)13(8,11)12/h6-7H,1-5H2. The van der Waals surface area contributed by atoms with Gasteiger partial charge in [0.15, 0.2) is 0 Å². The number of hydrogen-bond donors (Lipinski definition) is 0. The van der Waals surface area contributed by atoms with Gasteiger partial charge >= 0.3 is 0 Å². The molecule has 0 unspecified atom stereocenters. The first-order chi connectivity index (χ1) is 6.16. The molecule has 0 amide bonds. The van der Waals surface area contributed by atoms with Gasteiger partial charge in [-0.15, -0.1) is 0 Å². The van der Waals surface area contributed by atoms with Crippen LogP contribution in [0, 0.1) is 0 Å². The zero-order valence-corrected chi connectivity index (χ0v) is 8.03. The second kappa shape index (κ2) is 3.04. The molecule has 13 heavy (non-hydrogen) atoms. The first kappa shape index (κ1) is 9.11. The summed E-state index contributed by atoms with van der Waals surface area (Å²) in [6.07, 6.45) is 2.57. The third-order valence-electron chi connectivity index (χ3n) is 2.42. The maximum Gasteiger partial charge on any atom is 0.282 e. The van der Waals surface area contributed by atoms with Gasteiger partial charge in [0, 0.05) is 19.1 Å². The highest BCUT2D eigenvalue weighted by Gasteiger charge is 2.44. The lowest BCUT2D eigenvalue weighted by atomic mass is 10.5. The van der Waals surface area contributed by atoms with E-state index in [4.69, 9.17) is 0 Å². The zero-order valence-electron chi connectivity index (χ0n) is 7.22.